The van der Waals surface area contributed by atoms with Crippen LogP contribution in [0, 0.1) is 6.92 Å². The first-order valence-electron chi connectivity index (χ1n) is 8.35. The molecule has 1 heterocycles. The third-order valence-corrected chi connectivity index (χ3v) is 4.99. The zero-order chi connectivity index (χ0) is 17.6. The monoisotopic (exact) mass is 350 g/mol. The van der Waals surface area contributed by atoms with Crippen molar-refractivity contribution in [3.05, 3.63) is 88.1 Å². The molecule has 3 nitrogen and oxygen atoms in total. The van der Waals surface area contributed by atoms with E-state index in [-0.39, 0.29) is 18.0 Å². The Morgan fingerprint density at radius 1 is 1.00 bits per heavy atom. The van der Waals surface area contributed by atoms with Crippen LogP contribution in [-0.4, -0.2) is 11.9 Å². The maximum atomic E-state index is 12.6. The van der Waals surface area contributed by atoms with Crippen LogP contribution in [0.2, 0.25) is 0 Å². The van der Waals surface area contributed by atoms with Gasteiger partial charge in [0, 0.05) is 10.6 Å². The largest absolute Gasteiger partial charge is 0.325 e. The van der Waals surface area contributed by atoms with Crippen LogP contribution in [0.15, 0.2) is 72.1 Å². The number of carbonyl (C=O) groups is 1. The summed E-state index contributed by atoms with van der Waals surface area (Å²) in [4.78, 5) is 13.8. The summed E-state index contributed by atoms with van der Waals surface area (Å²) < 4.78 is 0. The van der Waals surface area contributed by atoms with Crippen molar-refractivity contribution >= 4 is 22.9 Å². The number of rotatable bonds is 6. The molecule has 0 aliphatic rings. The lowest BCUT2D eigenvalue weighted by Crippen LogP contribution is -2.40. The Bertz CT molecular complexity index is 815. The fourth-order valence-electron chi connectivity index (χ4n) is 2.74. The number of amides is 1. The van der Waals surface area contributed by atoms with Crippen LogP contribution in [0.3, 0.4) is 0 Å². The van der Waals surface area contributed by atoms with Crippen LogP contribution < -0.4 is 10.6 Å². The summed E-state index contributed by atoms with van der Waals surface area (Å²) >= 11 is 1.69. The lowest BCUT2D eigenvalue weighted by atomic mass is 10.0. The molecule has 0 saturated carbocycles. The molecular formula is C21H22N2OS. The van der Waals surface area contributed by atoms with Gasteiger partial charge < -0.3 is 5.32 Å². The average Bonchev–Trinajstić information content (AvgIpc) is 3.14. The third kappa shape index (κ3) is 4.56. The first-order chi connectivity index (χ1) is 12.1. The van der Waals surface area contributed by atoms with Gasteiger partial charge in [-0.05, 0) is 48.6 Å². The van der Waals surface area contributed by atoms with Crippen molar-refractivity contribution in [2.75, 3.05) is 5.32 Å². The summed E-state index contributed by atoms with van der Waals surface area (Å²) in [5.41, 5.74) is 3.10. The smallest absolute Gasteiger partial charge is 0.241 e. The van der Waals surface area contributed by atoms with Crippen molar-refractivity contribution in [1.29, 1.82) is 0 Å². The van der Waals surface area contributed by atoms with Crippen molar-refractivity contribution in [2.24, 2.45) is 0 Å². The van der Waals surface area contributed by atoms with Crippen LogP contribution in [-0.2, 0) is 4.79 Å². The maximum Gasteiger partial charge on any atom is 0.241 e. The van der Waals surface area contributed by atoms with E-state index in [1.807, 2.05) is 62.4 Å². The zero-order valence-corrected chi connectivity index (χ0v) is 15.2. The molecular weight excluding hydrogens is 328 g/mol. The molecule has 2 atom stereocenters. The third-order valence-electron chi connectivity index (χ3n) is 4.06. The minimum absolute atomic E-state index is 0.000500. The van der Waals surface area contributed by atoms with Gasteiger partial charge in [-0.25, -0.2) is 0 Å². The van der Waals surface area contributed by atoms with E-state index in [1.54, 1.807) is 11.3 Å². The van der Waals surface area contributed by atoms with Gasteiger partial charge >= 0.3 is 0 Å². The Labute approximate surface area is 152 Å². The Kier molecular flexibility index (Phi) is 5.64. The van der Waals surface area contributed by atoms with Gasteiger partial charge in [-0.3, -0.25) is 10.1 Å². The first kappa shape index (κ1) is 17.4. The Morgan fingerprint density at radius 2 is 1.80 bits per heavy atom. The second-order valence-corrected chi connectivity index (χ2v) is 7.09. The molecule has 0 aliphatic carbocycles. The highest BCUT2D eigenvalue weighted by atomic mass is 32.1. The van der Waals surface area contributed by atoms with Gasteiger partial charge in [0.15, 0.2) is 0 Å². The predicted molar refractivity (Wildman–Crippen MR) is 105 cm³/mol. The van der Waals surface area contributed by atoms with Gasteiger partial charge in [-0.1, -0.05) is 48.5 Å². The number of hydrogen-bond acceptors (Lipinski definition) is 3. The minimum atomic E-state index is -0.326. The normalized spacial score (nSPS) is 13.2. The SMILES string of the molecule is Cc1cccc(NC(=O)[C@@H](C)N[C@@H](c2ccccc2)c2cccs2)c1. The van der Waals surface area contributed by atoms with Gasteiger partial charge in [0.25, 0.3) is 0 Å². The zero-order valence-electron chi connectivity index (χ0n) is 14.4. The van der Waals surface area contributed by atoms with Crippen LogP contribution in [0.25, 0.3) is 0 Å². The molecule has 0 bridgehead atoms. The van der Waals surface area contributed by atoms with Crippen molar-refractivity contribution in [3.63, 3.8) is 0 Å². The number of anilines is 1. The van der Waals surface area contributed by atoms with Gasteiger partial charge in [0.2, 0.25) is 5.91 Å². The predicted octanol–water partition coefficient (Wildman–Crippen LogP) is 4.76. The summed E-state index contributed by atoms with van der Waals surface area (Å²) in [5, 5.41) is 8.52. The Balaban J connectivity index is 1.74. The second-order valence-electron chi connectivity index (χ2n) is 6.11. The lowest BCUT2D eigenvalue weighted by molar-refractivity contribution is -0.117. The summed E-state index contributed by atoms with van der Waals surface area (Å²) in [5.74, 6) is -0.0388. The minimum Gasteiger partial charge on any atom is -0.325 e. The van der Waals surface area contributed by atoms with E-state index in [0.29, 0.717) is 0 Å². The maximum absolute atomic E-state index is 12.6. The van der Waals surface area contributed by atoms with Gasteiger partial charge in [0.1, 0.15) is 0 Å². The van der Waals surface area contributed by atoms with E-state index in [0.717, 1.165) is 16.8 Å². The molecule has 0 fully saturated rings. The molecule has 2 aromatic carbocycles. The fourth-order valence-corrected chi connectivity index (χ4v) is 3.55. The van der Waals surface area contributed by atoms with Crippen LogP contribution in [0.1, 0.15) is 29.0 Å². The average molecular weight is 350 g/mol. The molecule has 3 aromatic rings. The summed E-state index contributed by atoms with van der Waals surface area (Å²) in [6, 6.07) is 21.9. The molecule has 0 aliphatic heterocycles. The van der Waals surface area contributed by atoms with Crippen molar-refractivity contribution < 1.29 is 4.79 Å². The van der Waals surface area contributed by atoms with E-state index in [4.69, 9.17) is 0 Å². The number of aryl methyl sites for hydroxylation is 1. The summed E-state index contributed by atoms with van der Waals surface area (Å²) in [6.07, 6.45) is 0. The van der Waals surface area contributed by atoms with Crippen LogP contribution in [0.5, 0.6) is 0 Å². The molecule has 1 amide bonds. The number of carbonyl (C=O) groups excluding carboxylic acids is 1. The van der Waals surface area contributed by atoms with E-state index in [1.165, 1.54) is 4.88 Å². The topological polar surface area (TPSA) is 41.1 Å². The van der Waals surface area contributed by atoms with E-state index < -0.39 is 0 Å². The molecule has 1 aromatic heterocycles. The van der Waals surface area contributed by atoms with Crippen molar-refractivity contribution in [1.82, 2.24) is 5.32 Å². The van der Waals surface area contributed by atoms with E-state index in [9.17, 15) is 4.79 Å². The fraction of sp³-hybridized carbons (Fsp3) is 0.190. The quantitative estimate of drug-likeness (QED) is 0.673. The second kappa shape index (κ2) is 8.10. The lowest BCUT2D eigenvalue weighted by Gasteiger charge is -2.22. The summed E-state index contributed by atoms with van der Waals surface area (Å²) in [7, 11) is 0. The molecule has 3 rings (SSSR count). The van der Waals surface area contributed by atoms with Gasteiger partial charge in [-0.2, -0.15) is 0 Å². The Morgan fingerprint density at radius 3 is 2.48 bits per heavy atom. The van der Waals surface area contributed by atoms with Crippen molar-refractivity contribution in [2.45, 2.75) is 25.9 Å². The Hall–Kier alpha value is -2.43. The highest BCUT2D eigenvalue weighted by molar-refractivity contribution is 7.10. The van der Waals surface area contributed by atoms with Crippen LogP contribution >= 0.6 is 11.3 Å². The number of hydrogen-bond donors (Lipinski definition) is 2. The van der Waals surface area contributed by atoms with Crippen LogP contribution in [0.4, 0.5) is 5.69 Å². The van der Waals surface area contributed by atoms with E-state index in [2.05, 4.69) is 34.2 Å². The van der Waals surface area contributed by atoms with Crippen molar-refractivity contribution in [3.8, 4) is 0 Å². The first-order valence-corrected chi connectivity index (χ1v) is 9.23. The highest BCUT2D eigenvalue weighted by Crippen LogP contribution is 2.26. The standard InChI is InChI=1S/C21H22N2OS/c1-15-8-6-11-18(14-15)23-21(24)16(2)22-20(19-12-7-13-25-19)17-9-4-3-5-10-17/h3-14,16,20,22H,1-2H3,(H,23,24)/t16-,20+/m1/s1. The van der Waals surface area contributed by atoms with Gasteiger partial charge in [0.05, 0.1) is 12.1 Å². The highest BCUT2D eigenvalue weighted by Gasteiger charge is 2.21. The molecule has 0 spiro atoms. The molecule has 25 heavy (non-hydrogen) atoms. The number of nitrogens with one attached hydrogen (secondary N) is 2. The summed E-state index contributed by atoms with van der Waals surface area (Å²) in [6.45, 7) is 3.91. The molecule has 128 valence electrons. The van der Waals surface area contributed by atoms with Gasteiger partial charge in [-0.15, -0.1) is 11.3 Å². The van der Waals surface area contributed by atoms with E-state index >= 15 is 0 Å². The molecule has 4 heteroatoms. The number of thiophene rings is 1. The molecule has 0 saturated heterocycles. The number of benzene rings is 2. The molecule has 2 N–H and O–H groups in total. The molecule has 0 unspecified atom stereocenters. The molecule has 0 radical (unpaired) electrons.